The molecule has 0 bridgehead atoms. The largest absolute Gasteiger partial charge is 0.466 e. The SMILES string of the molecule is Cc1nc(C(=O)N2C[C@@H]3C[C@@H]3[C@H]2CNC(=O)c2cc(F)cc3c2OCOC3)c(-c2cccc(Cl)c2)s1. The molecule has 3 aromatic rings. The third-order valence-electron chi connectivity index (χ3n) is 6.98. The smallest absolute Gasteiger partial charge is 0.274 e. The van der Waals surface area contributed by atoms with Crippen molar-refractivity contribution in [1.29, 1.82) is 0 Å². The van der Waals surface area contributed by atoms with E-state index in [1.54, 1.807) is 6.07 Å². The number of carbonyl (C=O) groups is 2. The molecular weight excluding hydrogens is 505 g/mol. The van der Waals surface area contributed by atoms with Crippen molar-refractivity contribution < 1.29 is 23.5 Å². The number of ether oxygens (including phenoxy) is 2. The standard InChI is InChI=1S/C26H23ClFN3O4S/c1-13-30-22(24(36-13)14-3-2-4-17(27)5-14)26(33)31-10-15-7-19(15)21(31)9-29-25(32)20-8-18(28)6-16-11-34-12-35-23(16)20/h2-6,8,15,19,21H,7,9-12H2,1H3,(H,29,32)/t15-,19-,21+/m0/s1. The Morgan fingerprint density at radius 3 is 3.00 bits per heavy atom. The van der Waals surface area contributed by atoms with Crippen molar-refractivity contribution in [2.45, 2.75) is 26.0 Å². The fourth-order valence-electron chi connectivity index (χ4n) is 5.24. The number of halogens is 2. The van der Waals surface area contributed by atoms with Crippen LogP contribution in [-0.2, 0) is 11.3 Å². The number of thiazole rings is 1. The van der Waals surface area contributed by atoms with Crippen LogP contribution in [0.2, 0.25) is 5.02 Å². The summed E-state index contributed by atoms with van der Waals surface area (Å²) in [7, 11) is 0. The molecule has 2 aromatic carbocycles. The van der Waals surface area contributed by atoms with E-state index in [0.29, 0.717) is 40.4 Å². The van der Waals surface area contributed by atoms with Crippen LogP contribution in [0.5, 0.6) is 5.75 Å². The van der Waals surface area contributed by atoms with E-state index in [0.717, 1.165) is 21.9 Å². The number of fused-ring (bicyclic) bond motifs is 2. The maximum Gasteiger partial charge on any atom is 0.274 e. The molecule has 7 nitrogen and oxygen atoms in total. The Morgan fingerprint density at radius 1 is 1.31 bits per heavy atom. The number of hydrogen-bond donors (Lipinski definition) is 1. The fraction of sp³-hybridized carbons (Fsp3) is 0.346. The predicted molar refractivity (Wildman–Crippen MR) is 133 cm³/mol. The van der Waals surface area contributed by atoms with E-state index >= 15 is 0 Å². The number of nitrogens with zero attached hydrogens (tertiary/aromatic N) is 2. The van der Waals surface area contributed by atoms with Gasteiger partial charge in [0.25, 0.3) is 11.8 Å². The number of nitrogens with one attached hydrogen (secondary N) is 1. The molecule has 1 saturated heterocycles. The van der Waals surface area contributed by atoms with Gasteiger partial charge in [-0.25, -0.2) is 9.37 Å². The minimum Gasteiger partial charge on any atom is -0.466 e. The summed E-state index contributed by atoms with van der Waals surface area (Å²) in [6.07, 6.45) is 1.03. The average molecular weight is 528 g/mol. The van der Waals surface area contributed by atoms with Crippen LogP contribution in [0.25, 0.3) is 10.4 Å². The fourth-order valence-corrected chi connectivity index (χ4v) is 6.34. The third-order valence-corrected chi connectivity index (χ3v) is 8.23. The molecule has 2 aliphatic heterocycles. The molecule has 36 heavy (non-hydrogen) atoms. The Labute approximate surface area is 216 Å². The zero-order valence-corrected chi connectivity index (χ0v) is 21.0. The third kappa shape index (κ3) is 4.25. The summed E-state index contributed by atoms with van der Waals surface area (Å²) in [5.74, 6) is -0.0201. The second-order valence-electron chi connectivity index (χ2n) is 9.37. The molecule has 3 aliphatic rings. The van der Waals surface area contributed by atoms with Gasteiger partial charge in [-0.05, 0) is 55.0 Å². The Kier molecular flexibility index (Phi) is 5.94. The van der Waals surface area contributed by atoms with E-state index in [2.05, 4.69) is 10.3 Å². The molecule has 186 valence electrons. The van der Waals surface area contributed by atoms with Gasteiger partial charge >= 0.3 is 0 Å². The summed E-state index contributed by atoms with van der Waals surface area (Å²) in [4.78, 5) is 33.9. The first-order valence-electron chi connectivity index (χ1n) is 11.7. The average Bonchev–Trinajstić information content (AvgIpc) is 3.38. The highest BCUT2D eigenvalue weighted by Crippen LogP contribution is 2.50. The molecule has 1 saturated carbocycles. The van der Waals surface area contributed by atoms with Crippen molar-refractivity contribution in [2.75, 3.05) is 19.9 Å². The molecule has 2 amide bonds. The van der Waals surface area contributed by atoms with Crippen molar-refractivity contribution in [1.82, 2.24) is 15.2 Å². The second kappa shape index (κ2) is 9.14. The molecule has 3 atom stereocenters. The van der Waals surface area contributed by atoms with Crippen molar-refractivity contribution in [3.63, 3.8) is 0 Å². The highest BCUT2D eigenvalue weighted by molar-refractivity contribution is 7.15. The van der Waals surface area contributed by atoms with Crippen LogP contribution in [-0.4, -0.2) is 47.6 Å². The van der Waals surface area contributed by atoms with Gasteiger partial charge in [-0.3, -0.25) is 9.59 Å². The maximum absolute atomic E-state index is 14.1. The number of rotatable bonds is 5. The highest BCUT2D eigenvalue weighted by Gasteiger charge is 2.54. The van der Waals surface area contributed by atoms with E-state index in [-0.39, 0.29) is 37.5 Å². The molecule has 2 fully saturated rings. The lowest BCUT2D eigenvalue weighted by atomic mass is 10.1. The zero-order valence-electron chi connectivity index (χ0n) is 19.4. The monoisotopic (exact) mass is 527 g/mol. The summed E-state index contributed by atoms with van der Waals surface area (Å²) in [6, 6.07) is 9.72. The van der Waals surface area contributed by atoms with Crippen LogP contribution in [0.1, 0.15) is 37.8 Å². The van der Waals surface area contributed by atoms with E-state index < -0.39 is 11.7 Å². The van der Waals surface area contributed by atoms with Crippen LogP contribution in [0, 0.1) is 24.6 Å². The molecule has 0 unspecified atom stereocenters. The maximum atomic E-state index is 14.1. The number of benzene rings is 2. The minimum absolute atomic E-state index is 0.00951. The summed E-state index contributed by atoms with van der Waals surface area (Å²) >= 11 is 7.65. The van der Waals surface area contributed by atoms with E-state index in [1.165, 1.54) is 23.5 Å². The summed E-state index contributed by atoms with van der Waals surface area (Å²) in [6.45, 7) is 2.97. The quantitative estimate of drug-likeness (QED) is 0.521. The molecule has 1 aliphatic carbocycles. The number of aryl methyl sites for hydroxylation is 1. The molecule has 1 aromatic heterocycles. The lowest BCUT2D eigenvalue weighted by Crippen LogP contribution is -2.46. The Bertz CT molecular complexity index is 1380. The molecule has 0 spiro atoms. The number of hydrogen-bond acceptors (Lipinski definition) is 6. The Hall–Kier alpha value is -3.01. The number of aromatic nitrogens is 1. The second-order valence-corrected chi connectivity index (χ2v) is 11.0. The van der Waals surface area contributed by atoms with E-state index in [1.807, 2.05) is 30.0 Å². The highest BCUT2D eigenvalue weighted by atomic mass is 35.5. The Balaban J connectivity index is 1.22. The molecule has 1 N–H and O–H groups in total. The first-order chi connectivity index (χ1) is 17.4. The van der Waals surface area contributed by atoms with Crippen LogP contribution in [0.3, 0.4) is 0 Å². The summed E-state index contributed by atoms with van der Waals surface area (Å²) < 4.78 is 24.8. The number of carbonyl (C=O) groups excluding carboxylic acids is 2. The number of likely N-dealkylation sites (tertiary alicyclic amines) is 1. The first kappa shape index (κ1) is 23.4. The zero-order chi connectivity index (χ0) is 25.0. The van der Waals surface area contributed by atoms with Gasteiger partial charge in [-0.15, -0.1) is 11.3 Å². The topological polar surface area (TPSA) is 80.8 Å². The molecule has 0 radical (unpaired) electrons. The number of piperidine rings is 1. The van der Waals surface area contributed by atoms with Gasteiger partial charge in [-0.2, -0.15) is 0 Å². The summed E-state index contributed by atoms with van der Waals surface area (Å²) in [5.41, 5.74) is 1.89. The van der Waals surface area contributed by atoms with Crippen molar-refractivity contribution in [2.24, 2.45) is 11.8 Å². The lowest BCUT2D eigenvalue weighted by molar-refractivity contribution is -0.0170. The van der Waals surface area contributed by atoms with Gasteiger partial charge in [0.05, 0.1) is 28.1 Å². The molecule has 3 heterocycles. The van der Waals surface area contributed by atoms with Crippen molar-refractivity contribution >= 4 is 34.8 Å². The number of amides is 2. The van der Waals surface area contributed by atoms with Crippen LogP contribution in [0.15, 0.2) is 36.4 Å². The first-order valence-corrected chi connectivity index (χ1v) is 12.9. The van der Waals surface area contributed by atoms with Crippen LogP contribution in [0.4, 0.5) is 4.39 Å². The molecular formula is C26H23ClFN3O4S. The van der Waals surface area contributed by atoms with Gasteiger partial charge in [0, 0.05) is 23.7 Å². The normalized spacial score (nSPS) is 22.0. The lowest BCUT2D eigenvalue weighted by Gasteiger charge is -2.28. The summed E-state index contributed by atoms with van der Waals surface area (Å²) in [5, 5.41) is 4.30. The van der Waals surface area contributed by atoms with E-state index in [4.69, 9.17) is 21.1 Å². The van der Waals surface area contributed by atoms with Crippen molar-refractivity contribution in [3.05, 3.63) is 69.1 Å². The Morgan fingerprint density at radius 2 is 2.17 bits per heavy atom. The van der Waals surface area contributed by atoms with E-state index in [9.17, 15) is 14.0 Å². The predicted octanol–water partition coefficient (Wildman–Crippen LogP) is 4.67. The van der Waals surface area contributed by atoms with Gasteiger partial charge in [0.15, 0.2) is 6.79 Å². The van der Waals surface area contributed by atoms with Gasteiger partial charge in [0.1, 0.15) is 17.3 Å². The minimum atomic E-state index is -0.527. The molecule has 6 rings (SSSR count). The van der Waals surface area contributed by atoms with Crippen LogP contribution >= 0.6 is 22.9 Å². The van der Waals surface area contributed by atoms with Gasteiger partial charge < -0.3 is 19.7 Å². The van der Waals surface area contributed by atoms with Gasteiger partial charge in [-0.1, -0.05) is 23.7 Å². The van der Waals surface area contributed by atoms with Crippen molar-refractivity contribution in [3.8, 4) is 16.2 Å². The molecule has 10 heteroatoms. The van der Waals surface area contributed by atoms with Crippen LogP contribution < -0.4 is 10.1 Å². The van der Waals surface area contributed by atoms with Gasteiger partial charge in [0.2, 0.25) is 0 Å².